The molecule has 0 unspecified atom stereocenters. The zero-order chi connectivity index (χ0) is 26.6. The number of aromatic nitrogens is 4. The molecule has 0 bridgehead atoms. The molecule has 1 aliphatic heterocycles. The molecule has 0 radical (unpaired) electrons. The van der Waals surface area contributed by atoms with Crippen molar-refractivity contribution in [2.75, 3.05) is 44.7 Å². The molecule has 1 aromatic carbocycles. The molecule has 198 valence electrons. The fourth-order valence-electron chi connectivity index (χ4n) is 4.86. The molecule has 38 heavy (non-hydrogen) atoms. The van der Waals surface area contributed by atoms with Crippen molar-refractivity contribution in [1.82, 2.24) is 29.8 Å². The van der Waals surface area contributed by atoms with Crippen LogP contribution in [0.2, 0.25) is 0 Å². The Morgan fingerprint density at radius 3 is 2.58 bits per heavy atom. The van der Waals surface area contributed by atoms with Crippen molar-refractivity contribution in [2.45, 2.75) is 32.9 Å². The van der Waals surface area contributed by atoms with E-state index in [1.165, 1.54) is 0 Å². The van der Waals surface area contributed by atoms with Crippen LogP contribution in [0.3, 0.4) is 0 Å². The average molecular weight is 514 g/mol. The number of carbonyl (C=O) groups is 1. The van der Waals surface area contributed by atoms with Gasteiger partial charge in [0.15, 0.2) is 5.65 Å². The molecule has 1 aliphatic rings. The number of rotatable bonds is 10. The van der Waals surface area contributed by atoms with E-state index < -0.39 is 0 Å². The molecule has 1 fully saturated rings. The lowest BCUT2D eigenvalue weighted by atomic mass is 10.1. The number of benzene rings is 1. The minimum Gasteiger partial charge on any atom is -0.378 e. The van der Waals surface area contributed by atoms with Crippen molar-refractivity contribution in [2.24, 2.45) is 0 Å². The Bertz CT molecular complexity index is 1390. The SMILES string of the molecule is CCN(CC)[C@@H](C)CNC(=O)c1cc(-c2cnn3ccc(-c4ccccc4)nc23)nc(N2CC(OC)C2)c1. The fourth-order valence-corrected chi connectivity index (χ4v) is 4.86. The lowest BCUT2D eigenvalue weighted by Gasteiger charge is -2.39. The van der Waals surface area contributed by atoms with E-state index in [2.05, 4.69) is 41.0 Å². The van der Waals surface area contributed by atoms with Crippen LogP contribution in [-0.4, -0.2) is 82.4 Å². The molecule has 4 heterocycles. The first-order valence-electron chi connectivity index (χ1n) is 13.2. The third-order valence-electron chi connectivity index (χ3n) is 7.29. The molecule has 0 aliphatic carbocycles. The normalized spacial score (nSPS) is 14.6. The van der Waals surface area contributed by atoms with Crippen molar-refractivity contribution in [3.8, 4) is 22.5 Å². The Morgan fingerprint density at radius 1 is 1.11 bits per heavy atom. The lowest BCUT2D eigenvalue weighted by molar-refractivity contribution is 0.0783. The number of nitrogens with zero attached hydrogens (tertiary/aromatic N) is 6. The van der Waals surface area contributed by atoms with Crippen LogP contribution in [0.4, 0.5) is 5.82 Å². The van der Waals surface area contributed by atoms with Gasteiger partial charge in [-0.1, -0.05) is 44.2 Å². The number of anilines is 1. The maximum Gasteiger partial charge on any atom is 0.251 e. The molecular formula is C29H35N7O2. The second-order valence-corrected chi connectivity index (χ2v) is 9.65. The van der Waals surface area contributed by atoms with Gasteiger partial charge in [-0.2, -0.15) is 5.10 Å². The lowest BCUT2D eigenvalue weighted by Crippen LogP contribution is -2.52. The summed E-state index contributed by atoms with van der Waals surface area (Å²) in [4.78, 5) is 27.6. The van der Waals surface area contributed by atoms with Gasteiger partial charge in [-0.25, -0.2) is 14.5 Å². The number of hydrogen-bond donors (Lipinski definition) is 1. The molecule has 5 rings (SSSR count). The smallest absolute Gasteiger partial charge is 0.251 e. The Hall–Kier alpha value is -3.82. The monoisotopic (exact) mass is 513 g/mol. The average Bonchev–Trinajstić information content (AvgIpc) is 3.35. The van der Waals surface area contributed by atoms with Crippen LogP contribution in [0.15, 0.2) is 60.9 Å². The second kappa shape index (κ2) is 11.3. The Morgan fingerprint density at radius 2 is 1.87 bits per heavy atom. The Labute approximate surface area is 223 Å². The molecule has 1 atom stereocenters. The number of amides is 1. The Kier molecular flexibility index (Phi) is 7.67. The topological polar surface area (TPSA) is 87.9 Å². The third kappa shape index (κ3) is 5.25. The summed E-state index contributed by atoms with van der Waals surface area (Å²) in [6, 6.07) is 15.9. The molecule has 1 amide bonds. The van der Waals surface area contributed by atoms with Crippen molar-refractivity contribution >= 4 is 17.4 Å². The first kappa shape index (κ1) is 25.8. The minimum absolute atomic E-state index is 0.118. The van der Waals surface area contributed by atoms with Crippen LogP contribution in [0.25, 0.3) is 28.2 Å². The summed E-state index contributed by atoms with van der Waals surface area (Å²) >= 11 is 0. The standard InChI is InChI=1S/C29H35N7O2/c1-5-34(6-2)20(3)16-30-29(37)22-14-26(32-27(15-22)35-18-23(19-35)38-4)24-17-31-36-13-12-25(33-28(24)36)21-10-8-7-9-11-21/h7-15,17,20,23H,5-6,16,18-19H2,1-4H3,(H,30,37)/t20-/m0/s1. The van der Waals surface area contributed by atoms with E-state index in [0.29, 0.717) is 23.4 Å². The van der Waals surface area contributed by atoms with Gasteiger partial charge in [0.05, 0.1) is 29.3 Å². The zero-order valence-corrected chi connectivity index (χ0v) is 22.5. The number of pyridine rings is 1. The van der Waals surface area contributed by atoms with Gasteiger partial charge in [-0.05, 0) is 38.2 Å². The van der Waals surface area contributed by atoms with E-state index in [1.807, 2.05) is 54.7 Å². The van der Waals surface area contributed by atoms with Crippen LogP contribution >= 0.6 is 0 Å². The molecular weight excluding hydrogens is 478 g/mol. The van der Waals surface area contributed by atoms with Gasteiger partial charge in [0, 0.05) is 50.1 Å². The Balaban J connectivity index is 1.49. The minimum atomic E-state index is -0.118. The maximum atomic E-state index is 13.3. The van der Waals surface area contributed by atoms with E-state index in [-0.39, 0.29) is 18.1 Å². The predicted molar refractivity (Wildman–Crippen MR) is 149 cm³/mol. The molecule has 4 aromatic rings. The largest absolute Gasteiger partial charge is 0.378 e. The quantitative estimate of drug-likeness (QED) is 0.346. The highest BCUT2D eigenvalue weighted by Gasteiger charge is 2.29. The van der Waals surface area contributed by atoms with Crippen molar-refractivity contribution in [3.05, 3.63) is 66.5 Å². The summed E-state index contributed by atoms with van der Waals surface area (Å²) < 4.78 is 7.21. The van der Waals surface area contributed by atoms with E-state index in [4.69, 9.17) is 14.7 Å². The summed E-state index contributed by atoms with van der Waals surface area (Å²) in [5.41, 5.74) is 4.58. The number of hydrogen-bond acceptors (Lipinski definition) is 7. The first-order chi connectivity index (χ1) is 18.5. The van der Waals surface area contributed by atoms with Gasteiger partial charge in [0.25, 0.3) is 5.91 Å². The number of ether oxygens (including phenoxy) is 1. The fraction of sp³-hybridized carbons (Fsp3) is 0.379. The van der Waals surface area contributed by atoms with Crippen LogP contribution in [0.5, 0.6) is 0 Å². The van der Waals surface area contributed by atoms with Gasteiger partial charge in [-0.15, -0.1) is 0 Å². The van der Waals surface area contributed by atoms with Crippen LogP contribution in [-0.2, 0) is 4.74 Å². The van der Waals surface area contributed by atoms with Crippen molar-refractivity contribution < 1.29 is 9.53 Å². The summed E-state index contributed by atoms with van der Waals surface area (Å²) in [5.74, 6) is 0.628. The van der Waals surface area contributed by atoms with E-state index in [1.54, 1.807) is 17.8 Å². The molecule has 1 saturated heterocycles. The molecule has 9 heteroatoms. The number of likely N-dealkylation sites (N-methyl/N-ethyl adjacent to an activating group) is 1. The molecule has 9 nitrogen and oxygen atoms in total. The van der Waals surface area contributed by atoms with E-state index in [0.717, 1.165) is 48.8 Å². The highest BCUT2D eigenvalue weighted by atomic mass is 16.5. The third-order valence-corrected chi connectivity index (χ3v) is 7.29. The molecule has 0 spiro atoms. The van der Waals surface area contributed by atoms with E-state index in [9.17, 15) is 4.79 Å². The summed E-state index contributed by atoms with van der Waals surface area (Å²) in [6.07, 6.45) is 3.83. The summed E-state index contributed by atoms with van der Waals surface area (Å²) in [6.45, 7) is 10.3. The van der Waals surface area contributed by atoms with Gasteiger partial charge in [0.1, 0.15) is 5.82 Å². The molecule has 3 aromatic heterocycles. The summed E-state index contributed by atoms with van der Waals surface area (Å²) in [5, 5.41) is 7.63. The zero-order valence-electron chi connectivity index (χ0n) is 22.5. The van der Waals surface area contributed by atoms with Gasteiger partial charge < -0.3 is 15.0 Å². The van der Waals surface area contributed by atoms with Crippen LogP contribution in [0.1, 0.15) is 31.1 Å². The number of nitrogens with one attached hydrogen (secondary N) is 1. The van der Waals surface area contributed by atoms with E-state index >= 15 is 0 Å². The number of fused-ring (bicyclic) bond motifs is 1. The molecule has 0 saturated carbocycles. The van der Waals surface area contributed by atoms with Crippen LogP contribution in [0, 0.1) is 0 Å². The van der Waals surface area contributed by atoms with Gasteiger partial charge in [-0.3, -0.25) is 9.69 Å². The summed E-state index contributed by atoms with van der Waals surface area (Å²) in [7, 11) is 1.72. The highest BCUT2D eigenvalue weighted by Crippen LogP contribution is 2.29. The van der Waals surface area contributed by atoms with Crippen molar-refractivity contribution in [3.63, 3.8) is 0 Å². The van der Waals surface area contributed by atoms with Crippen molar-refractivity contribution in [1.29, 1.82) is 0 Å². The number of methoxy groups -OCH3 is 1. The first-order valence-corrected chi connectivity index (χ1v) is 13.2. The van der Waals surface area contributed by atoms with Crippen LogP contribution < -0.4 is 10.2 Å². The molecule has 1 N–H and O–H groups in total. The van der Waals surface area contributed by atoms with Gasteiger partial charge in [0.2, 0.25) is 0 Å². The maximum absolute atomic E-state index is 13.3. The predicted octanol–water partition coefficient (Wildman–Crippen LogP) is 3.75. The second-order valence-electron chi connectivity index (χ2n) is 9.65. The number of carbonyl (C=O) groups excluding carboxylic acids is 1. The van der Waals surface area contributed by atoms with Gasteiger partial charge >= 0.3 is 0 Å². The highest BCUT2D eigenvalue weighted by molar-refractivity contribution is 5.96.